The Kier molecular flexibility index (Phi) is 2.68. The highest BCUT2D eigenvalue weighted by Gasteiger charge is 2.32. The quantitative estimate of drug-likeness (QED) is 0.603. The topological polar surface area (TPSA) is 37.3 Å². The van der Waals surface area contributed by atoms with Crippen LogP contribution in [0.5, 0.6) is 0 Å². The molecule has 2 heteroatoms. The van der Waals surface area contributed by atoms with Gasteiger partial charge >= 0.3 is 0 Å². The predicted octanol–water partition coefficient (Wildman–Crippen LogP) is 1.54. The molecule has 0 heterocycles. The van der Waals surface area contributed by atoms with Gasteiger partial charge in [-0.3, -0.25) is 4.79 Å². The van der Waals surface area contributed by atoms with Crippen molar-refractivity contribution in [2.75, 3.05) is 0 Å². The van der Waals surface area contributed by atoms with Crippen molar-refractivity contribution in [3.8, 4) is 0 Å². The highest BCUT2D eigenvalue weighted by Crippen LogP contribution is 2.30. The highest BCUT2D eigenvalue weighted by molar-refractivity contribution is 5.82. The summed E-state index contributed by atoms with van der Waals surface area (Å²) >= 11 is 0. The van der Waals surface area contributed by atoms with E-state index in [1.165, 1.54) is 0 Å². The molecular weight excluding hydrogens is 152 g/mol. The SMILES string of the molecule is C=C(C)C1CC(=O)C(C)C(O)C1. The molecule has 2 nitrogen and oxygen atoms in total. The molecule has 1 aliphatic rings. The van der Waals surface area contributed by atoms with Crippen LogP contribution in [0.1, 0.15) is 26.7 Å². The van der Waals surface area contributed by atoms with Crippen LogP contribution in [0.2, 0.25) is 0 Å². The minimum Gasteiger partial charge on any atom is -0.392 e. The number of hydrogen-bond acceptors (Lipinski definition) is 2. The molecule has 1 N–H and O–H groups in total. The summed E-state index contributed by atoms with van der Waals surface area (Å²) in [6, 6.07) is 0. The van der Waals surface area contributed by atoms with Crippen LogP contribution in [0.3, 0.4) is 0 Å². The Bertz CT molecular complexity index is 208. The number of aliphatic hydroxyl groups excluding tert-OH is 1. The molecule has 3 unspecified atom stereocenters. The molecule has 0 aromatic heterocycles. The maximum Gasteiger partial charge on any atom is 0.138 e. The first-order valence-electron chi connectivity index (χ1n) is 4.38. The van der Waals surface area contributed by atoms with E-state index in [-0.39, 0.29) is 17.6 Å². The summed E-state index contributed by atoms with van der Waals surface area (Å²) in [5.41, 5.74) is 1.01. The van der Waals surface area contributed by atoms with Gasteiger partial charge in [-0.15, -0.1) is 0 Å². The number of aliphatic hydroxyl groups is 1. The molecular formula is C10H16O2. The lowest BCUT2D eigenvalue weighted by molar-refractivity contribution is -0.129. The van der Waals surface area contributed by atoms with Crippen LogP contribution in [0.25, 0.3) is 0 Å². The molecule has 1 fully saturated rings. The van der Waals surface area contributed by atoms with E-state index >= 15 is 0 Å². The van der Waals surface area contributed by atoms with E-state index in [1.54, 1.807) is 6.92 Å². The molecule has 0 aromatic carbocycles. The average molecular weight is 168 g/mol. The molecule has 0 radical (unpaired) electrons. The minimum absolute atomic E-state index is 0.168. The van der Waals surface area contributed by atoms with Crippen molar-refractivity contribution >= 4 is 5.78 Å². The lowest BCUT2D eigenvalue weighted by atomic mass is 9.77. The van der Waals surface area contributed by atoms with Gasteiger partial charge in [0.1, 0.15) is 5.78 Å². The van der Waals surface area contributed by atoms with Crippen LogP contribution in [0, 0.1) is 11.8 Å². The summed E-state index contributed by atoms with van der Waals surface area (Å²) in [7, 11) is 0. The fourth-order valence-electron chi connectivity index (χ4n) is 1.60. The van der Waals surface area contributed by atoms with E-state index in [0.717, 1.165) is 5.57 Å². The van der Waals surface area contributed by atoms with Crippen molar-refractivity contribution < 1.29 is 9.90 Å². The van der Waals surface area contributed by atoms with Crippen molar-refractivity contribution in [2.24, 2.45) is 11.8 Å². The lowest BCUT2D eigenvalue weighted by Gasteiger charge is -2.30. The van der Waals surface area contributed by atoms with E-state index in [0.29, 0.717) is 12.8 Å². The number of rotatable bonds is 1. The lowest BCUT2D eigenvalue weighted by Crippen LogP contribution is -2.35. The predicted molar refractivity (Wildman–Crippen MR) is 47.7 cm³/mol. The molecule has 12 heavy (non-hydrogen) atoms. The van der Waals surface area contributed by atoms with Gasteiger partial charge in [-0.05, 0) is 19.3 Å². The number of carbonyl (C=O) groups is 1. The van der Waals surface area contributed by atoms with Crippen LogP contribution >= 0.6 is 0 Å². The zero-order chi connectivity index (χ0) is 9.30. The summed E-state index contributed by atoms with van der Waals surface area (Å²) in [6.07, 6.45) is 0.795. The highest BCUT2D eigenvalue weighted by atomic mass is 16.3. The van der Waals surface area contributed by atoms with E-state index < -0.39 is 6.10 Å². The van der Waals surface area contributed by atoms with Crippen LogP contribution in [0.4, 0.5) is 0 Å². The fourth-order valence-corrected chi connectivity index (χ4v) is 1.60. The molecule has 68 valence electrons. The third-order valence-corrected chi connectivity index (χ3v) is 2.76. The molecule has 3 atom stereocenters. The van der Waals surface area contributed by atoms with Crippen LogP contribution in [0.15, 0.2) is 12.2 Å². The molecule has 0 amide bonds. The monoisotopic (exact) mass is 168 g/mol. The zero-order valence-electron chi connectivity index (χ0n) is 7.71. The van der Waals surface area contributed by atoms with Gasteiger partial charge in [0, 0.05) is 12.3 Å². The Balaban J connectivity index is 2.66. The summed E-state index contributed by atoms with van der Waals surface area (Å²) in [4.78, 5) is 11.3. The average Bonchev–Trinajstić information content (AvgIpc) is 1.99. The van der Waals surface area contributed by atoms with Crippen molar-refractivity contribution in [1.82, 2.24) is 0 Å². The van der Waals surface area contributed by atoms with Crippen LogP contribution < -0.4 is 0 Å². The second-order valence-corrected chi connectivity index (χ2v) is 3.81. The summed E-state index contributed by atoms with van der Waals surface area (Å²) in [5.74, 6) is 0.186. The molecule has 0 spiro atoms. The van der Waals surface area contributed by atoms with Crippen molar-refractivity contribution in [1.29, 1.82) is 0 Å². The van der Waals surface area contributed by atoms with Crippen molar-refractivity contribution in [3.63, 3.8) is 0 Å². The van der Waals surface area contributed by atoms with E-state index in [4.69, 9.17) is 0 Å². The first kappa shape index (κ1) is 9.46. The first-order valence-corrected chi connectivity index (χ1v) is 4.38. The minimum atomic E-state index is -0.465. The number of carbonyl (C=O) groups excluding carboxylic acids is 1. The Morgan fingerprint density at radius 3 is 2.67 bits per heavy atom. The van der Waals surface area contributed by atoms with Gasteiger partial charge in [0.25, 0.3) is 0 Å². The molecule has 0 aromatic rings. The third-order valence-electron chi connectivity index (χ3n) is 2.76. The maximum atomic E-state index is 11.3. The van der Waals surface area contributed by atoms with Gasteiger partial charge in [-0.1, -0.05) is 19.1 Å². The second kappa shape index (κ2) is 3.40. The fraction of sp³-hybridized carbons (Fsp3) is 0.700. The molecule has 1 saturated carbocycles. The number of ketones is 1. The first-order chi connectivity index (χ1) is 5.52. The van der Waals surface area contributed by atoms with E-state index in [1.807, 2.05) is 6.92 Å². The number of Topliss-reactive ketones (excluding diaryl/α,β-unsaturated/α-hetero) is 1. The van der Waals surface area contributed by atoms with E-state index in [2.05, 4.69) is 6.58 Å². The molecule has 0 saturated heterocycles. The zero-order valence-corrected chi connectivity index (χ0v) is 7.71. The van der Waals surface area contributed by atoms with Crippen molar-refractivity contribution in [3.05, 3.63) is 12.2 Å². The third kappa shape index (κ3) is 1.75. The maximum absolute atomic E-state index is 11.3. The van der Waals surface area contributed by atoms with Crippen LogP contribution in [-0.4, -0.2) is 17.0 Å². The van der Waals surface area contributed by atoms with Gasteiger partial charge < -0.3 is 5.11 Å². The standard InChI is InChI=1S/C10H16O2/c1-6(2)8-4-9(11)7(3)10(12)5-8/h7-9,11H,1,4-5H2,2-3H3. The van der Waals surface area contributed by atoms with Gasteiger partial charge in [0.15, 0.2) is 0 Å². The normalized spacial score (nSPS) is 36.6. The van der Waals surface area contributed by atoms with Crippen LogP contribution in [-0.2, 0) is 4.79 Å². The van der Waals surface area contributed by atoms with Gasteiger partial charge in [0.05, 0.1) is 6.10 Å². The molecule has 0 aliphatic heterocycles. The summed E-state index contributed by atoms with van der Waals surface area (Å²) < 4.78 is 0. The van der Waals surface area contributed by atoms with Gasteiger partial charge in [-0.25, -0.2) is 0 Å². The van der Waals surface area contributed by atoms with Crippen molar-refractivity contribution in [2.45, 2.75) is 32.8 Å². The molecule has 0 bridgehead atoms. The van der Waals surface area contributed by atoms with Gasteiger partial charge in [0.2, 0.25) is 0 Å². The smallest absolute Gasteiger partial charge is 0.138 e. The van der Waals surface area contributed by atoms with Gasteiger partial charge in [-0.2, -0.15) is 0 Å². The Morgan fingerprint density at radius 1 is 1.67 bits per heavy atom. The van der Waals surface area contributed by atoms with E-state index in [9.17, 15) is 9.90 Å². The Labute approximate surface area is 73.3 Å². The molecule has 1 rings (SSSR count). The summed E-state index contributed by atoms with van der Waals surface area (Å²) in [6.45, 7) is 7.52. The Hall–Kier alpha value is -0.630. The summed E-state index contributed by atoms with van der Waals surface area (Å²) in [5, 5.41) is 9.51. The second-order valence-electron chi connectivity index (χ2n) is 3.81. The Morgan fingerprint density at radius 2 is 2.25 bits per heavy atom. The largest absolute Gasteiger partial charge is 0.392 e. The molecule has 1 aliphatic carbocycles. The number of allylic oxidation sites excluding steroid dienone is 1. The number of hydrogen-bond donors (Lipinski definition) is 1.